The molecule has 1 atom stereocenters. The van der Waals surface area contributed by atoms with E-state index in [-0.39, 0.29) is 40.0 Å². The number of hydrogen-bond donors (Lipinski definition) is 3. The Morgan fingerprint density at radius 3 is 2.14 bits per heavy atom. The van der Waals surface area contributed by atoms with Gasteiger partial charge in [-0.05, 0) is 61.4 Å². The van der Waals surface area contributed by atoms with E-state index in [0.29, 0.717) is 28.8 Å². The molecule has 0 aromatic heterocycles. The number of amides is 3. The van der Waals surface area contributed by atoms with Crippen LogP contribution in [0.25, 0.3) is 6.08 Å². The number of rotatable bonds is 10. The van der Waals surface area contributed by atoms with E-state index in [1.54, 1.807) is 91.0 Å². The lowest BCUT2D eigenvalue weighted by atomic mass is 9.83. The van der Waals surface area contributed by atoms with Gasteiger partial charge in [0.1, 0.15) is 5.70 Å². The number of carbonyl (C=O) groups excluding carboxylic acids is 5. The number of anilines is 2. The zero-order chi connectivity index (χ0) is 35.2. The fourth-order valence-electron chi connectivity index (χ4n) is 5.66. The summed E-state index contributed by atoms with van der Waals surface area (Å²) in [7, 11) is 0. The van der Waals surface area contributed by atoms with Crippen LogP contribution in [0.15, 0.2) is 132 Å². The van der Waals surface area contributed by atoms with Gasteiger partial charge in [-0.25, -0.2) is 0 Å². The number of fused-ring (bicyclic) bond motifs is 2. The molecule has 6 rings (SSSR count). The number of nitrogens with one attached hydrogen (secondary N) is 3. The van der Waals surface area contributed by atoms with Crippen molar-refractivity contribution in [3.05, 3.63) is 166 Å². The third-order valence-corrected chi connectivity index (χ3v) is 9.48. The minimum atomic E-state index is -0.555. The molecule has 1 unspecified atom stereocenters. The molecule has 8 nitrogen and oxygen atoms in total. The van der Waals surface area contributed by atoms with Crippen molar-refractivity contribution in [3.63, 3.8) is 0 Å². The molecule has 0 spiro atoms. The molecule has 3 N–H and O–H groups in total. The van der Waals surface area contributed by atoms with Gasteiger partial charge in [-0.15, -0.1) is 11.8 Å². The van der Waals surface area contributed by atoms with Crippen LogP contribution in [-0.4, -0.2) is 34.5 Å². The topological polar surface area (TPSA) is 121 Å². The molecular formula is C41H33N3O5S. The highest BCUT2D eigenvalue weighted by Gasteiger charge is 2.32. The van der Waals surface area contributed by atoms with Crippen LogP contribution >= 0.6 is 11.8 Å². The Kier molecular flexibility index (Phi) is 10.2. The van der Waals surface area contributed by atoms with Crippen LogP contribution in [0.5, 0.6) is 0 Å². The number of carbonyl (C=O) groups is 5. The minimum Gasteiger partial charge on any atom is -0.324 e. The number of hydrogen-bond acceptors (Lipinski definition) is 6. The Labute approximate surface area is 294 Å². The Balaban J connectivity index is 1.18. The fourth-order valence-corrected chi connectivity index (χ4v) is 6.68. The molecule has 0 aliphatic heterocycles. The molecule has 0 bridgehead atoms. The van der Waals surface area contributed by atoms with Gasteiger partial charge in [-0.2, -0.15) is 0 Å². The van der Waals surface area contributed by atoms with Crippen molar-refractivity contribution in [2.75, 3.05) is 10.6 Å². The maximum Gasteiger partial charge on any atom is 0.272 e. The fraction of sp³-hybridized carbons (Fsp3) is 0.0976. The molecule has 248 valence electrons. The largest absolute Gasteiger partial charge is 0.324 e. The predicted molar refractivity (Wildman–Crippen MR) is 196 cm³/mol. The van der Waals surface area contributed by atoms with Crippen molar-refractivity contribution in [1.82, 2.24) is 5.32 Å². The third kappa shape index (κ3) is 7.48. The van der Waals surface area contributed by atoms with Gasteiger partial charge in [-0.1, -0.05) is 97.4 Å². The normalized spacial score (nSPS) is 12.7. The second-order valence-corrected chi connectivity index (χ2v) is 13.0. The van der Waals surface area contributed by atoms with Crippen LogP contribution in [0.1, 0.15) is 66.7 Å². The van der Waals surface area contributed by atoms with E-state index in [1.165, 1.54) is 11.8 Å². The van der Waals surface area contributed by atoms with Crippen molar-refractivity contribution in [2.24, 2.45) is 0 Å². The van der Waals surface area contributed by atoms with Crippen molar-refractivity contribution < 1.29 is 24.0 Å². The summed E-state index contributed by atoms with van der Waals surface area (Å²) in [5.74, 6) is -1.84. The monoisotopic (exact) mass is 679 g/mol. The van der Waals surface area contributed by atoms with E-state index in [0.717, 1.165) is 16.0 Å². The Hall–Kier alpha value is -6.06. The molecule has 5 aromatic carbocycles. The molecule has 0 saturated heterocycles. The summed E-state index contributed by atoms with van der Waals surface area (Å²) in [6.45, 7) is 3.83. The van der Waals surface area contributed by atoms with Crippen LogP contribution < -0.4 is 16.0 Å². The first-order chi connectivity index (χ1) is 24.2. The van der Waals surface area contributed by atoms with Crippen molar-refractivity contribution >= 4 is 58.5 Å². The van der Waals surface area contributed by atoms with E-state index in [1.807, 2.05) is 50.2 Å². The van der Waals surface area contributed by atoms with E-state index >= 15 is 0 Å². The van der Waals surface area contributed by atoms with Crippen molar-refractivity contribution in [1.29, 1.82) is 0 Å². The zero-order valence-electron chi connectivity index (χ0n) is 27.4. The van der Waals surface area contributed by atoms with Crippen LogP contribution in [0.2, 0.25) is 0 Å². The quantitative estimate of drug-likeness (QED) is 0.101. The van der Waals surface area contributed by atoms with E-state index in [9.17, 15) is 24.0 Å². The standard InChI is InChI=1S/C41H33N3O5S/c1-3-35(41(49)43-33-21-11-20-32-36(33)38(46)31-19-8-7-18-30(31)37(32)45)50-29-17-10-16-28(24-29)42-40(48)34(23-26-13-9-12-25(2)22-26)44-39(47)27-14-5-4-6-15-27/h4-24,35H,3H2,1-2H3,(H,42,48)(H,43,49)(H,44,47)/b34-23+. The van der Waals surface area contributed by atoms with E-state index in [2.05, 4.69) is 16.0 Å². The van der Waals surface area contributed by atoms with Gasteiger partial charge in [0.05, 0.1) is 16.5 Å². The number of thioether (sulfide) groups is 1. The molecule has 50 heavy (non-hydrogen) atoms. The molecule has 5 aromatic rings. The maximum absolute atomic E-state index is 13.6. The lowest BCUT2D eigenvalue weighted by Crippen LogP contribution is -2.30. The van der Waals surface area contributed by atoms with Gasteiger partial charge in [0.15, 0.2) is 11.6 Å². The highest BCUT2D eigenvalue weighted by atomic mass is 32.2. The highest BCUT2D eigenvalue weighted by molar-refractivity contribution is 8.00. The Morgan fingerprint density at radius 1 is 0.720 bits per heavy atom. The van der Waals surface area contributed by atoms with E-state index < -0.39 is 17.1 Å². The Bertz CT molecular complexity index is 2180. The van der Waals surface area contributed by atoms with Gasteiger partial charge in [-0.3, -0.25) is 24.0 Å². The average Bonchev–Trinajstić information content (AvgIpc) is 3.13. The first kappa shape index (κ1) is 33.8. The predicted octanol–water partition coefficient (Wildman–Crippen LogP) is 7.69. The van der Waals surface area contributed by atoms with Crippen molar-refractivity contribution in [2.45, 2.75) is 30.4 Å². The third-order valence-electron chi connectivity index (χ3n) is 8.13. The van der Waals surface area contributed by atoms with Crippen LogP contribution in [0.3, 0.4) is 0 Å². The van der Waals surface area contributed by atoms with Gasteiger partial charge in [0, 0.05) is 32.8 Å². The second-order valence-electron chi connectivity index (χ2n) is 11.7. The molecule has 1 aliphatic rings. The molecule has 3 amide bonds. The Morgan fingerprint density at radius 2 is 1.40 bits per heavy atom. The van der Waals surface area contributed by atoms with Crippen molar-refractivity contribution in [3.8, 4) is 0 Å². The summed E-state index contributed by atoms with van der Waals surface area (Å²) in [5, 5.41) is 7.97. The van der Waals surface area contributed by atoms with Crippen LogP contribution in [0, 0.1) is 6.92 Å². The smallest absolute Gasteiger partial charge is 0.272 e. The maximum atomic E-state index is 13.6. The summed E-state index contributed by atoms with van der Waals surface area (Å²) in [6, 6.07) is 34.8. The lowest BCUT2D eigenvalue weighted by Gasteiger charge is -2.21. The minimum absolute atomic E-state index is 0.0650. The SMILES string of the molecule is CCC(Sc1cccc(NC(=O)/C(=C\c2cccc(C)c2)NC(=O)c2ccccc2)c1)C(=O)Nc1cccc2c1C(=O)c1ccccc1C2=O. The first-order valence-electron chi connectivity index (χ1n) is 16.1. The van der Waals surface area contributed by atoms with Crippen LogP contribution in [-0.2, 0) is 9.59 Å². The summed E-state index contributed by atoms with van der Waals surface area (Å²) >= 11 is 1.31. The molecule has 0 heterocycles. The summed E-state index contributed by atoms with van der Waals surface area (Å²) in [5.41, 5.74) is 4.08. The number of aryl methyl sites for hydroxylation is 1. The van der Waals surface area contributed by atoms with Gasteiger partial charge in [0.2, 0.25) is 5.91 Å². The first-order valence-corrected chi connectivity index (χ1v) is 16.9. The lowest BCUT2D eigenvalue weighted by molar-refractivity contribution is -0.116. The van der Waals surface area contributed by atoms with E-state index in [4.69, 9.17) is 0 Å². The molecule has 0 saturated carbocycles. The average molecular weight is 680 g/mol. The molecular weight excluding hydrogens is 647 g/mol. The van der Waals surface area contributed by atoms with Gasteiger partial charge in [0.25, 0.3) is 11.8 Å². The molecule has 0 radical (unpaired) electrons. The van der Waals surface area contributed by atoms with Crippen LogP contribution in [0.4, 0.5) is 11.4 Å². The summed E-state index contributed by atoms with van der Waals surface area (Å²) < 4.78 is 0. The second kappa shape index (κ2) is 15.0. The molecule has 9 heteroatoms. The summed E-state index contributed by atoms with van der Waals surface area (Å²) in [4.78, 5) is 67.6. The summed E-state index contributed by atoms with van der Waals surface area (Å²) in [6.07, 6.45) is 2.09. The number of ketones is 2. The van der Waals surface area contributed by atoms with Gasteiger partial charge < -0.3 is 16.0 Å². The number of benzene rings is 5. The molecule has 1 aliphatic carbocycles. The highest BCUT2D eigenvalue weighted by Crippen LogP contribution is 2.34. The zero-order valence-corrected chi connectivity index (χ0v) is 28.2. The molecule has 0 fully saturated rings. The van der Waals surface area contributed by atoms with Gasteiger partial charge >= 0.3 is 0 Å².